The highest BCUT2D eigenvalue weighted by molar-refractivity contribution is 5.33. The van der Waals surface area contributed by atoms with Crippen LogP contribution in [-0.2, 0) is 0 Å². The monoisotopic (exact) mass is 257 g/mol. The summed E-state index contributed by atoms with van der Waals surface area (Å²) in [7, 11) is 0. The van der Waals surface area contributed by atoms with Crippen molar-refractivity contribution in [1.29, 1.82) is 0 Å². The highest BCUT2D eigenvalue weighted by atomic mass is 16.5. The Morgan fingerprint density at radius 3 is 2.63 bits per heavy atom. The van der Waals surface area contributed by atoms with E-state index in [4.69, 9.17) is 10.5 Å². The van der Waals surface area contributed by atoms with Gasteiger partial charge in [-0.15, -0.1) is 0 Å². The number of nitrogens with two attached hydrogens (primary N) is 1. The average Bonchev–Trinajstić information content (AvgIpc) is 2.41. The van der Waals surface area contributed by atoms with Crippen molar-refractivity contribution in [3.05, 3.63) is 59.7 Å². The Kier molecular flexibility index (Phi) is 4.42. The molecular formula is C16H19NO2. The summed E-state index contributed by atoms with van der Waals surface area (Å²) in [6.07, 6.45) is 0. The van der Waals surface area contributed by atoms with Gasteiger partial charge in [-0.05, 0) is 30.2 Å². The number of rotatable bonds is 5. The molecule has 0 saturated carbocycles. The van der Waals surface area contributed by atoms with E-state index in [0.717, 1.165) is 0 Å². The summed E-state index contributed by atoms with van der Waals surface area (Å²) in [4.78, 5) is 0. The lowest BCUT2D eigenvalue weighted by atomic mass is 9.96. The summed E-state index contributed by atoms with van der Waals surface area (Å²) in [6, 6.07) is 15.0. The Balaban J connectivity index is 2.06. The fourth-order valence-electron chi connectivity index (χ4n) is 2.10. The van der Waals surface area contributed by atoms with Gasteiger partial charge in [0.1, 0.15) is 11.5 Å². The third-order valence-electron chi connectivity index (χ3n) is 3.18. The fourth-order valence-corrected chi connectivity index (χ4v) is 2.10. The highest BCUT2D eigenvalue weighted by Crippen LogP contribution is 2.22. The molecule has 0 aliphatic rings. The predicted molar refractivity (Wildman–Crippen MR) is 76.6 cm³/mol. The summed E-state index contributed by atoms with van der Waals surface area (Å²) in [5.74, 6) is 1.02. The number of aryl methyl sites for hydroxylation is 1. The van der Waals surface area contributed by atoms with Gasteiger partial charge in [0.15, 0.2) is 0 Å². The zero-order chi connectivity index (χ0) is 13.7. The largest absolute Gasteiger partial charge is 0.508 e. The van der Waals surface area contributed by atoms with E-state index >= 15 is 0 Å². The van der Waals surface area contributed by atoms with Gasteiger partial charge >= 0.3 is 0 Å². The number of phenols is 1. The van der Waals surface area contributed by atoms with Crippen molar-refractivity contribution in [3.63, 3.8) is 0 Å². The van der Waals surface area contributed by atoms with Crippen LogP contribution in [0.5, 0.6) is 11.5 Å². The van der Waals surface area contributed by atoms with Crippen LogP contribution < -0.4 is 10.5 Å². The summed E-state index contributed by atoms with van der Waals surface area (Å²) < 4.78 is 5.71. The van der Waals surface area contributed by atoms with Gasteiger partial charge in [0, 0.05) is 18.5 Å². The Labute approximate surface area is 113 Å². The molecular weight excluding hydrogens is 238 g/mol. The first kappa shape index (κ1) is 13.4. The van der Waals surface area contributed by atoms with Crippen molar-refractivity contribution in [2.45, 2.75) is 12.8 Å². The molecule has 2 rings (SSSR count). The number of aromatic hydroxyl groups is 1. The lowest BCUT2D eigenvalue weighted by Crippen LogP contribution is -2.20. The first-order valence-electron chi connectivity index (χ1n) is 6.38. The minimum atomic E-state index is 0.156. The molecule has 100 valence electrons. The standard InChI is InChI=1S/C16H19NO2/c1-12-5-2-3-8-16(12)13(10-17)11-19-15-7-4-6-14(18)9-15/h2-9,13,18H,10-11,17H2,1H3. The number of hydrogen-bond donors (Lipinski definition) is 2. The minimum absolute atomic E-state index is 0.156. The molecule has 3 heteroatoms. The van der Waals surface area contributed by atoms with Crippen molar-refractivity contribution in [1.82, 2.24) is 0 Å². The summed E-state index contributed by atoms with van der Waals surface area (Å²) >= 11 is 0. The molecule has 0 fully saturated rings. The van der Waals surface area contributed by atoms with Gasteiger partial charge < -0.3 is 15.6 Å². The van der Waals surface area contributed by atoms with E-state index in [1.807, 2.05) is 18.2 Å². The second-order valence-corrected chi connectivity index (χ2v) is 4.60. The molecule has 0 amide bonds. The molecule has 0 spiro atoms. The van der Waals surface area contributed by atoms with E-state index in [2.05, 4.69) is 19.1 Å². The Hall–Kier alpha value is -2.00. The molecule has 3 N–H and O–H groups in total. The number of ether oxygens (including phenoxy) is 1. The molecule has 1 unspecified atom stereocenters. The van der Waals surface area contributed by atoms with Gasteiger partial charge in [0.05, 0.1) is 6.61 Å². The zero-order valence-electron chi connectivity index (χ0n) is 11.0. The molecule has 0 heterocycles. The van der Waals surface area contributed by atoms with Gasteiger partial charge in [0.2, 0.25) is 0 Å². The van der Waals surface area contributed by atoms with Gasteiger partial charge in [-0.25, -0.2) is 0 Å². The van der Waals surface area contributed by atoms with E-state index in [-0.39, 0.29) is 11.7 Å². The molecule has 19 heavy (non-hydrogen) atoms. The van der Waals surface area contributed by atoms with Crippen LogP contribution in [0.3, 0.4) is 0 Å². The quantitative estimate of drug-likeness (QED) is 0.866. The SMILES string of the molecule is Cc1ccccc1C(CN)COc1cccc(O)c1. The van der Waals surface area contributed by atoms with Crippen molar-refractivity contribution in [2.75, 3.05) is 13.2 Å². The van der Waals surface area contributed by atoms with Gasteiger partial charge in [0.25, 0.3) is 0 Å². The zero-order valence-corrected chi connectivity index (χ0v) is 11.0. The average molecular weight is 257 g/mol. The summed E-state index contributed by atoms with van der Waals surface area (Å²) in [5.41, 5.74) is 8.27. The van der Waals surface area contributed by atoms with Crippen LogP contribution in [0.2, 0.25) is 0 Å². The molecule has 0 aromatic heterocycles. The molecule has 0 aliphatic heterocycles. The Morgan fingerprint density at radius 2 is 1.95 bits per heavy atom. The minimum Gasteiger partial charge on any atom is -0.508 e. The van der Waals surface area contributed by atoms with Crippen molar-refractivity contribution < 1.29 is 9.84 Å². The highest BCUT2D eigenvalue weighted by Gasteiger charge is 2.12. The summed E-state index contributed by atoms with van der Waals surface area (Å²) in [5, 5.41) is 9.39. The maximum atomic E-state index is 9.39. The van der Waals surface area contributed by atoms with Crippen LogP contribution in [0.25, 0.3) is 0 Å². The molecule has 0 saturated heterocycles. The summed E-state index contributed by atoms with van der Waals surface area (Å²) in [6.45, 7) is 3.11. The van der Waals surface area contributed by atoms with Crippen LogP contribution in [0.1, 0.15) is 17.0 Å². The molecule has 2 aromatic rings. The number of hydrogen-bond acceptors (Lipinski definition) is 3. The molecule has 2 aromatic carbocycles. The topological polar surface area (TPSA) is 55.5 Å². The fraction of sp³-hybridized carbons (Fsp3) is 0.250. The molecule has 3 nitrogen and oxygen atoms in total. The van der Waals surface area contributed by atoms with Crippen molar-refractivity contribution in [3.8, 4) is 11.5 Å². The first-order chi connectivity index (χ1) is 9.20. The van der Waals surface area contributed by atoms with Crippen LogP contribution in [0.15, 0.2) is 48.5 Å². The van der Waals surface area contributed by atoms with Crippen LogP contribution >= 0.6 is 0 Å². The van der Waals surface area contributed by atoms with Crippen LogP contribution in [-0.4, -0.2) is 18.3 Å². The second-order valence-electron chi connectivity index (χ2n) is 4.60. The predicted octanol–water partition coefficient (Wildman–Crippen LogP) is 2.82. The van der Waals surface area contributed by atoms with E-state index < -0.39 is 0 Å². The van der Waals surface area contributed by atoms with Crippen LogP contribution in [0, 0.1) is 6.92 Å². The lowest BCUT2D eigenvalue weighted by molar-refractivity contribution is 0.288. The number of phenolic OH excluding ortho intramolecular Hbond substituents is 1. The lowest BCUT2D eigenvalue weighted by Gasteiger charge is -2.18. The number of benzene rings is 2. The third-order valence-corrected chi connectivity index (χ3v) is 3.18. The van der Waals surface area contributed by atoms with E-state index in [9.17, 15) is 5.11 Å². The maximum absolute atomic E-state index is 9.39. The first-order valence-corrected chi connectivity index (χ1v) is 6.38. The molecule has 0 bridgehead atoms. The van der Waals surface area contributed by atoms with Crippen molar-refractivity contribution >= 4 is 0 Å². The van der Waals surface area contributed by atoms with E-state index in [1.165, 1.54) is 11.1 Å². The van der Waals surface area contributed by atoms with Crippen LogP contribution in [0.4, 0.5) is 0 Å². The third kappa shape index (κ3) is 3.48. The van der Waals surface area contributed by atoms with Crippen molar-refractivity contribution in [2.24, 2.45) is 5.73 Å². The molecule has 0 radical (unpaired) electrons. The molecule has 0 aliphatic carbocycles. The Morgan fingerprint density at radius 1 is 1.16 bits per heavy atom. The molecule has 1 atom stereocenters. The van der Waals surface area contributed by atoms with E-state index in [0.29, 0.717) is 18.9 Å². The second kappa shape index (κ2) is 6.25. The Bertz CT molecular complexity index is 540. The van der Waals surface area contributed by atoms with Gasteiger partial charge in [-0.1, -0.05) is 30.3 Å². The van der Waals surface area contributed by atoms with Gasteiger partial charge in [-0.3, -0.25) is 0 Å². The van der Waals surface area contributed by atoms with Gasteiger partial charge in [-0.2, -0.15) is 0 Å². The van der Waals surface area contributed by atoms with E-state index in [1.54, 1.807) is 18.2 Å². The smallest absolute Gasteiger partial charge is 0.123 e. The normalized spacial score (nSPS) is 12.1. The maximum Gasteiger partial charge on any atom is 0.123 e.